The number of primary amides is 1. The first-order chi connectivity index (χ1) is 10.5. The molecular weight excluding hydrogens is 343 g/mol. The van der Waals surface area contributed by atoms with Crippen molar-refractivity contribution in [3.05, 3.63) is 58.1 Å². The molecular formula is C15H12Cl2N2O2S. The quantitative estimate of drug-likeness (QED) is 0.801. The number of benzene rings is 2. The summed E-state index contributed by atoms with van der Waals surface area (Å²) in [6.07, 6.45) is 0. The molecule has 0 aromatic heterocycles. The monoisotopic (exact) mass is 354 g/mol. The highest BCUT2D eigenvalue weighted by Gasteiger charge is 2.11. The lowest BCUT2D eigenvalue weighted by Crippen LogP contribution is -2.14. The first kappa shape index (κ1) is 16.7. The number of amides is 2. The predicted octanol–water partition coefficient (Wildman–Crippen LogP) is 3.82. The van der Waals surface area contributed by atoms with Gasteiger partial charge in [0.1, 0.15) is 0 Å². The maximum atomic E-state index is 12.3. The Kier molecular flexibility index (Phi) is 5.71. The first-order valence-corrected chi connectivity index (χ1v) is 7.97. The molecule has 0 bridgehead atoms. The van der Waals surface area contributed by atoms with E-state index in [1.165, 1.54) is 23.9 Å². The second-order valence-corrected chi connectivity index (χ2v) is 6.25. The van der Waals surface area contributed by atoms with Crippen LogP contribution in [0.5, 0.6) is 0 Å². The van der Waals surface area contributed by atoms with Gasteiger partial charge in [-0.15, -0.1) is 11.8 Å². The van der Waals surface area contributed by atoms with Crippen LogP contribution in [0.4, 0.5) is 5.69 Å². The van der Waals surface area contributed by atoms with Crippen LogP contribution in [0.3, 0.4) is 0 Å². The minimum atomic E-state index is -0.423. The summed E-state index contributed by atoms with van der Waals surface area (Å²) >= 11 is 13.0. The zero-order chi connectivity index (χ0) is 16.1. The minimum absolute atomic E-state index is 0.135. The number of rotatable bonds is 5. The highest BCUT2D eigenvalue weighted by atomic mass is 35.5. The van der Waals surface area contributed by atoms with Crippen LogP contribution < -0.4 is 11.1 Å². The van der Waals surface area contributed by atoms with Crippen molar-refractivity contribution in [1.82, 2.24) is 0 Å². The number of anilines is 1. The first-order valence-electron chi connectivity index (χ1n) is 6.23. The lowest BCUT2D eigenvalue weighted by atomic mass is 10.2. The van der Waals surface area contributed by atoms with E-state index in [1.54, 1.807) is 24.3 Å². The normalized spacial score (nSPS) is 10.3. The Morgan fingerprint density at radius 2 is 1.73 bits per heavy atom. The highest BCUT2D eigenvalue weighted by Crippen LogP contribution is 2.27. The average Bonchev–Trinajstić information content (AvgIpc) is 2.45. The Labute approximate surface area is 142 Å². The Morgan fingerprint density at radius 1 is 1.09 bits per heavy atom. The zero-order valence-electron chi connectivity index (χ0n) is 11.3. The Balaban J connectivity index is 2.19. The van der Waals surface area contributed by atoms with Crippen LogP contribution in [0.25, 0.3) is 0 Å². The van der Waals surface area contributed by atoms with E-state index in [4.69, 9.17) is 28.9 Å². The predicted molar refractivity (Wildman–Crippen MR) is 90.8 cm³/mol. The number of halogens is 2. The van der Waals surface area contributed by atoms with Gasteiger partial charge in [0.15, 0.2) is 0 Å². The molecule has 0 fully saturated rings. The number of nitrogens with one attached hydrogen (secondary N) is 1. The zero-order valence-corrected chi connectivity index (χ0v) is 13.6. The van der Waals surface area contributed by atoms with Gasteiger partial charge in [0.25, 0.3) is 5.91 Å². The Morgan fingerprint density at radius 3 is 2.36 bits per heavy atom. The van der Waals surface area contributed by atoms with Gasteiger partial charge in [0.05, 0.1) is 11.4 Å². The van der Waals surface area contributed by atoms with Crippen LogP contribution in [-0.2, 0) is 4.79 Å². The van der Waals surface area contributed by atoms with Crippen LogP contribution >= 0.6 is 35.0 Å². The lowest BCUT2D eigenvalue weighted by Gasteiger charge is -2.10. The number of carbonyl (C=O) groups excluding carboxylic acids is 2. The lowest BCUT2D eigenvalue weighted by molar-refractivity contribution is -0.115. The SMILES string of the molecule is NC(=O)CSc1ccccc1NC(=O)c1cc(Cl)cc(Cl)c1. The third-order valence-corrected chi connectivity index (χ3v) is 4.16. The molecule has 22 heavy (non-hydrogen) atoms. The molecule has 0 unspecified atom stereocenters. The highest BCUT2D eigenvalue weighted by molar-refractivity contribution is 8.00. The van der Waals surface area contributed by atoms with E-state index in [1.807, 2.05) is 6.07 Å². The number of hydrogen-bond donors (Lipinski definition) is 2. The van der Waals surface area contributed by atoms with Crippen molar-refractivity contribution < 1.29 is 9.59 Å². The summed E-state index contributed by atoms with van der Waals surface area (Å²) in [4.78, 5) is 23.9. The molecule has 2 aromatic rings. The van der Waals surface area contributed by atoms with Crippen LogP contribution in [0.2, 0.25) is 10.0 Å². The van der Waals surface area contributed by atoms with E-state index in [0.29, 0.717) is 21.3 Å². The van der Waals surface area contributed by atoms with Crippen molar-refractivity contribution in [3.8, 4) is 0 Å². The van der Waals surface area contributed by atoms with Gasteiger partial charge < -0.3 is 11.1 Å². The second-order valence-electron chi connectivity index (χ2n) is 4.36. The van der Waals surface area contributed by atoms with E-state index in [2.05, 4.69) is 5.32 Å². The van der Waals surface area contributed by atoms with Gasteiger partial charge in [-0.2, -0.15) is 0 Å². The molecule has 114 valence electrons. The van der Waals surface area contributed by atoms with E-state index in [-0.39, 0.29) is 11.7 Å². The fraction of sp³-hybridized carbons (Fsp3) is 0.0667. The van der Waals surface area contributed by atoms with Crippen molar-refractivity contribution >= 4 is 52.5 Å². The van der Waals surface area contributed by atoms with Gasteiger partial charge in [0, 0.05) is 20.5 Å². The molecule has 0 heterocycles. The third-order valence-electron chi connectivity index (χ3n) is 2.63. The van der Waals surface area contributed by atoms with Crippen molar-refractivity contribution in [2.24, 2.45) is 5.73 Å². The fourth-order valence-corrected chi connectivity index (χ4v) is 3.00. The van der Waals surface area contributed by atoms with Gasteiger partial charge in [-0.05, 0) is 30.3 Å². The standard InChI is InChI=1S/C15H12Cl2N2O2S/c16-10-5-9(6-11(17)7-10)15(21)19-12-3-1-2-4-13(12)22-8-14(18)20/h1-7H,8H2,(H2,18,20)(H,19,21). The molecule has 0 aliphatic carbocycles. The van der Waals surface area contributed by atoms with Crippen LogP contribution in [0.15, 0.2) is 47.4 Å². The van der Waals surface area contributed by atoms with Crippen molar-refractivity contribution in [2.75, 3.05) is 11.1 Å². The fourth-order valence-electron chi connectivity index (χ4n) is 1.72. The molecule has 0 spiro atoms. The largest absolute Gasteiger partial charge is 0.369 e. The van der Waals surface area contributed by atoms with Gasteiger partial charge in [-0.3, -0.25) is 9.59 Å². The van der Waals surface area contributed by atoms with Crippen molar-refractivity contribution in [1.29, 1.82) is 0 Å². The van der Waals surface area contributed by atoms with Crippen LogP contribution in [0, 0.1) is 0 Å². The number of hydrogen-bond acceptors (Lipinski definition) is 3. The molecule has 2 rings (SSSR count). The molecule has 0 saturated carbocycles. The second kappa shape index (κ2) is 7.54. The van der Waals surface area contributed by atoms with Gasteiger partial charge in [0.2, 0.25) is 5.91 Å². The molecule has 2 amide bonds. The molecule has 2 aromatic carbocycles. The van der Waals surface area contributed by atoms with Gasteiger partial charge >= 0.3 is 0 Å². The number of para-hydroxylation sites is 1. The van der Waals surface area contributed by atoms with Gasteiger partial charge in [-0.1, -0.05) is 35.3 Å². The molecule has 0 radical (unpaired) electrons. The van der Waals surface area contributed by atoms with E-state index in [9.17, 15) is 9.59 Å². The summed E-state index contributed by atoms with van der Waals surface area (Å²) in [5.41, 5.74) is 6.09. The summed E-state index contributed by atoms with van der Waals surface area (Å²) in [6, 6.07) is 11.8. The Hall–Kier alpha value is -1.69. The third kappa shape index (κ3) is 4.66. The number of thioether (sulfide) groups is 1. The molecule has 0 saturated heterocycles. The molecule has 0 aliphatic heterocycles. The number of nitrogens with two attached hydrogens (primary N) is 1. The maximum Gasteiger partial charge on any atom is 0.255 e. The summed E-state index contributed by atoms with van der Waals surface area (Å²) < 4.78 is 0. The van der Waals surface area contributed by atoms with Crippen LogP contribution in [0.1, 0.15) is 10.4 Å². The summed E-state index contributed by atoms with van der Waals surface area (Å²) in [7, 11) is 0. The van der Waals surface area contributed by atoms with Crippen molar-refractivity contribution in [2.45, 2.75) is 4.90 Å². The average molecular weight is 355 g/mol. The Bertz CT molecular complexity index is 702. The summed E-state index contributed by atoms with van der Waals surface area (Å²) in [6.45, 7) is 0. The molecule has 0 atom stereocenters. The summed E-state index contributed by atoms with van der Waals surface area (Å²) in [5, 5.41) is 3.54. The topological polar surface area (TPSA) is 72.2 Å². The molecule has 4 nitrogen and oxygen atoms in total. The molecule has 0 aliphatic rings. The van der Waals surface area contributed by atoms with E-state index < -0.39 is 5.91 Å². The number of carbonyl (C=O) groups is 2. The summed E-state index contributed by atoms with van der Waals surface area (Å²) in [5.74, 6) is -0.625. The smallest absolute Gasteiger partial charge is 0.255 e. The molecule has 7 heteroatoms. The molecule has 3 N–H and O–H groups in total. The van der Waals surface area contributed by atoms with E-state index >= 15 is 0 Å². The van der Waals surface area contributed by atoms with Crippen molar-refractivity contribution in [3.63, 3.8) is 0 Å². The van der Waals surface area contributed by atoms with Gasteiger partial charge in [-0.25, -0.2) is 0 Å². The minimum Gasteiger partial charge on any atom is -0.369 e. The van der Waals surface area contributed by atoms with E-state index in [0.717, 1.165) is 4.90 Å². The maximum absolute atomic E-state index is 12.3. The van der Waals surface area contributed by atoms with Crippen LogP contribution in [-0.4, -0.2) is 17.6 Å².